The topological polar surface area (TPSA) is 25.8 Å². The van der Waals surface area contributed by atoms with Gasteiger partial charge in [0, 0.05) is 15.5 Å². The third-order valence-corrected chi connectivity index (χ3v) is 7.21. The van der Waals surface area contributed by atoms with E-state index in [-0.39, 0.29) is 0 Å². The summed E-state index contributed by atoms with van der Waals surface area (Å²) in [4.78, 5) is 10.1. The van der Waals surface area contributed by atoms with Crippen molar-refractivity contribution in [3.05, 3.63) is 77.6 Å². The van der Waals surface area contributed by atoms with E-state index in [1.807, 2.05) is 35.9 Å². The number of rotatable bonds is 1. The maximum Gasteiger partial charge on any atom is 0.416 e. The normalized spacial score (nSPS) is 15.3. The van der Waals surface area contributed by atoms with Crippen LogP contribution >= 0.6 is 34.4 Å². The van der Waals surface area contributed by atoms with E-state index in [2.05, 4.69) is 4.98 Å². The van der Waals surface area contributed by atoms with Crippen LogP contribution in [0, 0.1) is 17.5 Å². The predicted molar refractivity (Wildman–Crippen MR) is 109 cm³/mol. The molecule has 8 heteroatoms. The van der Waals surface area contributed by atoms with Gasteiger partial charge in [-0.2, -0.15) is 13.2 Å². The Morgan fingerprint density at radius 2 is 1.93 bits per heavy atom. The maximum atomic E-state index is 13.3. The second-order valence-corrected chi connectivity index (χ2v) is 9.29. The highest BCUT2D eigenvalue weighted by atomic mass is 32.2. The number of benzene rings is 1. The molecular formula is C20H11F3N2S3. The van der Waals surface area contributed by atoms with E-state index < -0.39 is 11.7 Å². The molecule has 0 saturated heterocycles. The first-order valence-electron chi connectivity index (χ1n) is 8.31. The lowest BCUT2D eigenvalue weighted by atomic mass is 10.1. The van der Waals surface area contributed by atoms with Crippen molar-refractivity contribution >= 4 is 45.4 Å². The highest BCUT2D eigenvalue weighted by Gasteiger charge is 2.30. The minimum absolute atomic E-state index is 0.566. The molecular weight excluding hydrogens is 421 g/mol. The number of alkyl halides is 3. The lowest BCUT2D eigenvalue weighted by molar-refractivity contribution is -0.137. The van der Waals surface area contributed by atoms with Gasteiger partial charge in [0.05, 0.1) is 20.5 Å². The lowest BCUT2D eigenvalue weighted by Crippen LogP contribution is -2.14. The minimum Gasteiger partial charge on any atom is -0.239 e. The van der Waals surface area contributed by atoms with Crippen LogP contribution in [0.2, 0.25) is 0 Å². The van der Waals surface area contributed by atoms with Crippen molar-refractivity contribution < 1.29 is 13.2 Å². The molecule has 2 nitrogen and oxygen atoms in total. The van der Waals surface area contributed by atoms with Crippen molar-refractivity contribution in [2.45, 2.75) is 13.1 Å². The van der Waals surface area contributed by atoms with Crippen molar-refractivity contribution in [3.63, 3.8) is 0 Å². The van der Waals surface area contributed by atoms with E-state index in [0.717, 1.165) is 42.0 Å². The molecule has 0 radical (unpaired) electrons. The van der Waals surface area contributed by atoms with E-state index in [1.54, 1.807) is 11.3 Å². The second kappa shape index (κ2) is 6.43. The smallest absolute Gasteiger partial charge is 0.239 e. The number of thioether (sulfide) groups is 1. The summed E-state index contributed by atoms with van der Waals surface area (Å²) in [6.45, 7) is 1.93. The van der Waals surface area contributed by atoms with Crippen LogP contribution in [-0.4, -0.2) is 9.97 Å². The van der Waals surface area contributed by atoms with Gasteiger partial charge in [-0.1, -0.05) is 30.0 Å². The monoisotopic (exact) mass is 432 g/mol. The quantitative estimate of drug-likeness (QED) is 0.543. The summed E-state index contributed by atoms with van der Waals surface area (Å²) in [5.74, 6) is 0. The van der Waals surface area contributed by atoms with Gasteiger partial charge in [-0.15, -0.1) is 22.7 Å². The molecule has 3 aromatic rings. The number of aromatic nitrogens is 2. The van der Waals surface area contributed by atoms with Gasteiger partial charge in [0.1, 0.15) is 10.7 Å². The molecule has 0 amide bonds. The molecule has 28 heavy (non-hydrogen) atoms. The Balaban J connectivity index is 1.92. The Morgan fingerprint density at radius 3 is 2.68 bits per heavy atom. The van der Waals surface area contributed by atoms with Crippen LogP contribution in [0.15, 0.2) is 46.7 Å². The van der Waals surface area contributed by atoms with Crippen LogP contribution in [0.3, 0.4) is 0 Å². The maximum absolute atomic E-state index is 13.3. The van der Waals surface area contributed by atoms with Crippen LogP contribution in [0.5, 0.6) is 0 Å². The highest BCUT2D eigenvalue weighted by Crippen LogP contribution is 2.33. The van der Waals surface area contributed by atoms with Gasteiger partial charge in [-0.25, -0.2) is 9.97 Å². The Kier molecular flexibility index (Phi) is 4.12. The molecule has 0 spiro atoms. The second-order valence-electron chi connectivity index (χ2n) is 6.28. The molecule has 5 rings (SSSR count). The van der Waals surface area contributed by atoms with Crippen LogP contribution < -0.4 is 9.75 Å². The van der Waals surface area contributed by atoms with Gasteiger partial charge in [0.2, 0.25) is 0 Å². The van der Waals surface area contributed by atoms with E-state index in [9.17, 15) is 13.2 Å². The largest absolute Gasteiger partial charge is 0.416 e. The lowest BCUT2D eigenvalue weighted by Gasteiger charge is -2.11. The van der Waals surface area contributed by atoms with E-state index >= 15 is 0 Å². The number of allylic oxidation sites excluding steroid dienone is 2. The Morgan fingerprint density at radius 1 is 1.07 bits per heavy atom. The zero-order valence-corrected chi connectivity index (χ0v) is 16.8. The SMILES string of the molecule is Cc1nc(-c2nc3c(s2)=CC2=CC=CSC2=c2cc(C(F)(F)F)ccc2=3)cs1. The fraction of sp³-hybridized carbons (Fsp3) is 0.100. The molecule has 0 unspecified atom stereocenters. The molecule has 0 bridgehead atoms. The molecule has 1 aliphatic heterocycles. The number of hydrogen-bond acceptors (Lipinski definition) is 5. The molecule has 0 saturated carbocycles. The van der Waals surface area contributed by atoms with Crippen molar-refractivity contribution in [3.8, 4) is 10.7 Å². The number of halogens is 3. The fourth-order valence-corrected chi connectivity index (χ4v) is 5.69. The first kappa shape index (κ1) is 17.9. The number of nitrogens with zero attached hydrogens (tertiary/aromatic N) is 2. The van der Waals surface area contributed by atoms with Crippen molar-refractivity contribution in [1.82, 2.24) is 9.97 Å². The molecule has 0 fully saturated rings. The van der Waals surface area contributed by atoms with Gasteiger partial charge in [0.15, 0.2) is 0 Å². The van der Waals surface area contributed by atoms with Crippen LogP contribution in [-0.2, 0) is 6.18 Å². The molecule has 2 aromatic heterocycles. The van der Waals surface area contributed by atoms with Gasteiger partial charge in [-0.3, -0.25) is 0 Å². The minimum atomic E-state index is -4.39. The predicted octanol–water partition coefficient (Wildman–Crippen LogP) is 4.97. The summed E-state index contributed by atoms with van der Waals surface area (Å²) >= 11 is 4.50. The van der Waals surface area contributed by atoms with Crippen LogP contribution in [0.4, 0.5) is 13.2 Å². The van der Waals surface area contributed by atoms with Crippen molar-refractivity contribution in [1.29, 1.82) is 0 Å². The average molecular weight is 433 g/mol. The summed E-state index contributed by atoms with van der Waals surface area (Å²) in [5, 5.41) is 7.56. The van der Waals surface area contributed by atoms with E-state index in [0.29, 0.717) is 10.6 Å². The summed E-state index contributed by atoms with van der Waals surface area (Å²) in [6, 6.07) is 3.91. The first-order valence-corrected chi connectivity index (χ1v) is 10.9. The third kappa shape index (κ3) is 2.96. The van der Waals surface area contributed by atoms with E-state index in [4.69, 9.17) is 4.98 Å². The summed E-state index contributed by atoms with van der Waals surface area (Å²) in [6.07, 6.45) is 1.45. The Bertz CT molecular complexity index is 1390. The number of fused-ring (bicyclic) bond motifs is 3. The molecule has 2 aliphatic rings. The zero-order chi connectivity index (χ0) is 19.5. The zero-order valence-electron chi connectivity index (χ0n) is 14.4. The van der Waals surface area contributed by atoms with Crippen molar-refractivity contribution in [2.75, 3.05) is 0 Å². The number of thiazole rings is 2. The molecule has 3 heterocycles. The Labute approximate surface area is 169 Å². The van der Waals surface area contributed by atoms with E-state index in [1.165, 1.54) is 35.2 Å². The van der Waals surface area contributed by atoms with Gasteiger partial charge < -0.3 is 0 Å². The highest BCUT2D eigenvalue weighted by molar-refractivity contribution is 8.11. The van der Waals surface area contributed by atoms with Crippen LogP contribution in [0.25, 0.3) is 21.7 Å². The van der Waals surface area contributed by atoms with Gasteiger partial charge in [-0.05, 0) is 41.3 Å². The molecule has 0 N–H and O–H groups in total. The first-order chi connectivity index (χ1) is 13.4. The number of aryl methyl sites for hydroxylation is 1. The molecule has 1 aliphatic carbocycles. The molecule has 1 aromatic carbocycles. The standard InChI is InChI=1S/C20H11F3N2S3/c1-10-24-15(9-27-10)19-25-17-13-5-4-12(20(21,22)23)8-14(13)18-11(3-2-6-26-18)7-16(17)28-19/h2-9H,1H3. The average Bonchev–Trinajstić information content (AvgIpc) is 3.25. The van der Waals surface area contributed by atoms with Crippen molar-refractivity contribution in [2.24, 2.45) is 0 Å². The van der Waals surface area contributed by atoms with Gasteiger partial charge >= 0.3 is 6.18 Å². The van der Waals surface area contributed by atoms with Gasteiger partial charge in [0.25, 0.3) is 0 Å². The van der Waals surface area contributed by atoms with Crippen LogP contribution in [0.1, 0.15) is 10.6 Å². The summed E-state index contributed by atoms with van der Waals surface area (Å²) in [5.41, 5.74) is 1.05. The summed E-state index contributed by atoms with van der Waals surface area (Å²) < 4.78 is 40.9. The molecule has 0 atom stereocenters. The third-order valence-electron chi connectivity index (χ3n) is 4.43. The summed E-state index contributed by atoms with van der Waals surface area (Å²) in [7, 11) is 0. The number of hydrogen-bond donors (Lipinski definition) is 0. The Hall–Kier alpha value is -2.16. The fourth-order valence-electron chi connectivity index (χ4n) is 3.18. The molecule has 140 valence electrons.